The van der Waals surface area contributed by atoms with E-state index in [1.807, 2.05) is 42.9 Å². The van der Waals surface area contributed by atoms with Gasteiger partial charge in [-0.15, -0.1) is 0 Å². The van der Waals surface area contributed by atoms with E-state index in [1.165, 1.54) is 12.1 Å². The van der Waals surface area contributed by atoms with Gasteiger partial charge in [0.1, 0.15) is 5.82 Å². The Hall–Kier alpha value is -2.97. The highest BCUT2D eigenvalue weighted by Gasteiger charge is 2.36. The third kappa shape index (κ3) is 3.94. The van der Waals surface area contributed by atoms with Crippen LogP contribution in [0.1, 0.15) is 42.6 Å². The zero-order valence-electron chi connectivity index (χ0n) is 16.6. The van der Waals surface area contributed by atoms with E-state index in [0.717, 1.165) is 49.3 Å². The highest BCUT2D eigenvalue weighted by atomic mass is 19.1. The molecule has 1 atom stereocenters. The highest BCUT2D eigenvalue weighted by molar-refractivity contribution is 5.33. The highest BCUT2D eigenvalue weighted by Crippen LogP contribution is 2.35. The summed E-state index contributed by atoms with van der Waals surface area (Å²) in [6.45, 7) is 4.64. The molecule has 2 aromatic carbocycles. The van der Waals surface area contributed by atoms with Crippen molar-refractivity contribution in [3.05, 3.63) is 89.8 Å². The molecule has 1 aliphatic rings. The number of rotatable bonds is 5. The van der Waals surface area contributed by atoms with Crippen LogP contribution in [0.2, 0.25) is 0 Å². The lowest BCUT2D eigenvalue weighted by Crippen LogP contribution is -2.41. The van der Waals surface area contributed by atoms with E-state index in [9.17, 15) is 9.65 Å². The van der Waals surface area contributed by atoms with Gasteiger partial charge in [-0.25, -0.2) is 9.37 Å². The maximum absolute atomic E-state index is 13.2. The van der Waals surface area contributed by atoms with Gasteiger partial charge < -0.3 is 4.57 Å². The molecule has 1 fully saturated rings. The van der Waals surface area contributed by atoms with Gasteiger partial charge in [-0.05, 0) is 43.0 Å². The van der Waals surface area contributed by atoms with Crippen LogP contribution < -0.4 is 0 Å². The maximum atomic E-state index is 13.2. The molecule has 1 aromatic heterocycles. The molecule has 0 radical (unpaired) electrons. The largest absolute Gasteiger partial charge is 0.326 e. The SMILES string of the molecule is CC(c1ccc(F)cc1)n1cncc1CN1CCC(C#N)(c2ccccc2)CC1. The standard InChI is InChI=1S/C24H25FN4/c1-19(20-7-9-22(25)10-8-20)29-18-27-15-23(29)16-28-13-11-24(17-26,12-14-28)21-5-3-2-4-6-21/h2-10,15,18-19H,11-14,16H2,1H3. The van der Waals surface area contributed by atoms with Crippen LogP contribution in [-0.2, 0) is 12.0 Å². The van der Waals surface area contributed by atoms with Crippen molar-refractivity contribution in [1.29, 1.82) is 5.26 Å². The van der Waals surface area contributed by atoms with Crippen molar-refractivity contribution in [3.63, 3.8) is 0 Å². The second-order valence-corrected chi connectivity index (χ2v) is 7.86. The minimum Gasteiger partial charge on any atom is -0.326 e. The Balaban J connectivity index is 1.45. The molecular formula is C24H25FN4. The van der Waals surface area contributed by atoms with E-state index in [1.54, 1.807) is 0 Å². The first-order chi connectivity index (χ1) is 14.1. The van der Waals surface area contributed by atoms with Gasteiger partial charge in [-0.1, -0.05) is 42.5 Å². The number of aromatic nitrogens is 2. The summed E-state index contributed by atoms with van der Waals surface area (Å²) in [4.78, 5) is 6.75. The number of likely N-dealkylation sites (tertiary alicyclic amines) is 1. The topological polar surface area (TPSA) is 44.9 Å². The van der Waals surface area contributed by atoms with E-state index in [4.69, 9.17) is 0 Å². The summed E-state index contributed by atoms with van der Waals surface area (Å²) >= 11 is 0. The molecule has 29 heavy (non-hydrogen) atoms. The fourth-order valence-electron chi connectivity index (χ4n) is 4.25. The zero-order valence-corrected chi connectivity index (χ0v) is 16.6. The Labute approximate surface area is 171 Å². The first kappa shape index (κ1) is 19.4. The fraction of sp³-hybridized carbons (Fsp3) is 0.333. The molecule has 2 heterocycles. The first-order valence-corrected chi connectivity index (χ1v) is 10.1. The summed E-state index contributed by atoms with van der Waals surface area (Å²) in [5.74, 6) is -0.223. The van der Waals surface area contributed by atoms with E-state index in [2.05, 4.69) is 39.6 Å². The number of halogens is 1. The van der Waals surface area contributed by atoms with Gasteiger partial charge in [0, 0.05) is 25.8 Å². The van der Waals surface area contributed by atoms with Crippen LogP contribution in [0.4, 0.5) is 4.39 Å². The monoisotopic (exact) mass is 388 g/mol. The number of nitrogens with zero attached hydrogens (tertiary/aromatic N) is 4. The van der Waals surface area contributed by atoms with E-state index in [0.29, 0.717) is 0 Å². The molecular weight excluding hydrogens is 363 g/mol. The Morgan fingerprint density at radius 2 is 1.79 bits per heavy atom. The number of nitriles is 1. The lowest BCUT2D eigenvalue weighted by Gasteiger charge is -2.37. The first-order valence-electron chi connectivity index (χ1n) is 10.1. The predicted octanol–water partition coefficient (Wildman–Crippen LogP) is 4.69. The molecule has 4 rings (SSSR count). The fourth-order valence-corrected chi connectivity index (χ4v) is 4.25. The van der Waals surface area contributed by atoms with Crippen LogP contribution in [0.5, 0.6) is 0 Å². The van der Waals surface area contributed by atoms with Crippen molar-refractivity contribution in [2.75, 3.05) is 13.1 Å². The third-order valence-electron chi connectivity index (χ3n) is 6.15. The van der Waals surface area contributed by atoms with Gasteiger partial charge in [-0.3, -0.25) is 4.90 Å². The minimum absolute atomic E-state index is 0.0837. The van der Waals surface area contributed by atoms with Crippen LogP contribution >= 0.6 is 0 Å². The van der Waals surface area contributed by atoms with Crippen molar-refractivity contribution in [1.82, 2.24) is 14.5 Å². The van der Waals surface area contributed by atoms with Gasteiger partial charge in [0.2, 0.25) is 0 Å². The molecule has 1 saturated heterocycles. The van der Waals surface area contributed by atoms with Crippen molar-refractivity contribution in [2.45, 2.75) is 37.8 Å². The van der Waals surface area contributed by atoms with Crippen LogP contribution in [-0.4, -0.2) is 27.5 Å². The van der Waals surface area contributed by atoms with E-state index < -0.39 is 0 Å². The molecule has 0 saturated carbocycles. The second kappa shape index (κ2) is 8.18. The Bertz CT molecular complexity index is 980. The lowest BCUT2D eigenvalue weighted by atomic mass is 9.74. The Morgan fingerprint density at radius 1 is 1.10 bits per heavy atom. The zero-order chi connectivity index (χ0) is 20.3. The molecule has 1 unspecified atom stereocenters. The molecule has 0 spiro atoms. The molecule has 1 aliphatic heterocycles. The van der Waals surface area contributed by atoms with Gasteiger partial charge in [0.15, 0.2) is 0 Å². The number of piperidine rings is 1. The second-order valence-electron chi connectivity index (χ2n) is 7.86. The summed E-state index contributed by atoms with van der Waals surface area (Å²) < 4.78 is 15.4. The predicted molar refractivity (Wildman–Crippen MR) is 111 cm³/mol. The number of hydrogen-bond donors (Lipinski definition) is 0. The van der Waals surface area contributed by atoms with Gasteiger partial charge in [0.25, 0.3) is 0 Å². The average Bonchev–Trinajstić information content (AvgIpc) is 3.23. The van der Waals surface area contributed by atoms with Crippen LogP contribution in [0.25, 0.3) is 0 Å². The maximum Gasteiger partial charge on any atom is 0.123 e. The normalized spacial score (nSPS) is 17.6. The van der Waals surface area contributed by atoms with E-state index >= 15 is 0 Å². The van der Waals surface area contributed by atoms with Crippen LogP contribution in [0.15, 0.2) is 67.1 Å². The lowest BCUT2D eigenvalue weighted by molar-refractivity contribution is 0.175. The molecule has 5 heteroatoms. The Morgan fingerprint density at radius 3 is 2.45 bits per heavy atom. The summed E-state index contributed by atoms with van der Waals surface area (Å²) in [5.41, 5.74) is 2.92. The quantitative estimate of drug-likeness (QED) is 0.637. The molecule has 148 valence electrons. The van der Waals surface area contributed by atoms with Crippen molar-refractivity contribution in [2.24, 2.45) is 0 Å². The summed E-state index contributed by atoms with van der Waals surface area (Å²) in [7, 11) is 0. The van der Waals surface area contributed by atoms with Crippen molar-refractivity contribution >= 4 is 0 Å². The smallest absolute Gasteiger partial charge is 0.123 e. The third-order valence-corrected chi connectivity index (χ3v) is 6.15. The van der Waals surface area contributed by atoms with Crippen molar-refractivity contribution in [3.8, 4) is 6.07 Å². The summed E-state index contributed by atoms with van der Waals surface area (Å²) in [6, 6.07) is 19.5. The summed E-state index contributed by atoms with van der Waals surface area (Å²) in [6.07, 6.45) is 5.41. The number of hydrogen-bond acceptors (Lipinski definition) is 3. The molecule has 0 bridgehead atoms. The molecule has 0 amide bonds. The van der Waals surface area contributed by atoms with Crippen LogP contribution in [0.3, 0.4) is 0 Å². The van der Waals surface area contributed by atoms with E-state index in [-0.39, 0.29) is 17.3 Å². The molecule has 4 nitrogen and oxygen atoms in total. The molecule has 0 aliphatic carbocycles. The van der Waals surface area contributed by atoms with Gasteiger partial charge in [-0.2, -0.15) is 5.26 Å². The molecule has 3 aromatic rings. The minimum atomic E-state index is -0.389. The Kier molecular flexibility index (Phi) is 5.46. The van der Waals surface area contributed by atoms with Crippen molar-refractivity contribution < 1.29 is 4.39 Å². The average molecular weight is 388 g/mol. The summed E-state index contributed by atoms with van der Waals surface area (Å²) in [5, 5.41) is 9.89. The number of benzene rings is 2. The number of imidazole rings is 1. The van der Waals surface area contributed by atoms with Gasteiger partial charge >= 0.3 is 0 Å². The van der Waals surface area contributed by atoms with Crippen LogP contribution in [0, 0.1) is 17.1 Å². The molecule has 0 N–H and O–H groups in total. The van der Waals surface area contributed by atoms with Gasteiger partial charge in [0.05, 0.1) is 29.5 Å².